The molecule has 3 aromatic rings. The van der Waals surface area contributed by atoms with Crippen molar-refractivity contribution < 1.29 is 4.79 Å². The first-order valence-electron chi connectivity index (χ1n) is 13.5. The average molecular weight is 484 g/mol. The van der Waals surface area contributed by atoms with Gasteiger partial charge in [0.2, 0.25) is 0 Å². The molecule has 1 saturated heterocycles. The van der Waals surface area contributed by atoms with Gasteiger partial charge in [-0.3, -0.25) is 4.79 Å². The van der Waals surface area contributed by atoms with Crippen LogP contribution in [0.25, 0.3) is 11.4 Å². The molecule has 1 amide bonds. The second kappa shape index (κ2) is 11.2. The van der Waals surface area contributed by atoms with E-state index >= 15 is 0 Å². The number of hydrogen-bond acceptors (Lipinski definition) is 5. The Morgan fingerprint density at radius 2 is 1.64 bits per heavy atom. The Morgan fingerprint density at radius 1 is 0.889 bits per heavy atom. The molecule has 0 N–H and O–H groups in total. The standard InChI is InChI=1S/C30H37N5O/c1-3-5-9-23-12-14-25(15-13-23)30(36)35-17-16-27-26(22-35)29(34-20-18-33(4-2)19-21-34)32-28(31-27)24-10-7-6-8-11-24/h6-8,10-15H,3-5,9,16-22H2,1-2H3. The summed E-state index contributed by atoms with van der Waals surface area (Å²) in [6, 6.07) is 18.4. The van der Waals surface area contributed by atoms with Crippen LogP contribution in [0.15, 0.2) is 54.6 Å². The Balaban J connectivity index is 1.42. The zero-order chi connectivity index (χ0) is 24.9. The number of carbonyl (C=O) groups is 1. The first-order valence-corrected chi connectivity index (χ1v) is 13.5. The minimum absolute atomic E-state index is 0.0941. The van der Waals surface area contributed by atoms with Crippen molar-refractivity contribution in [2.24, 2.45) is 0 Å². The zero-order valence-corrected chi connectivity index (χ0v) is 21.6. The fraction of sp³-hybridized carbons (Fsp3) is 0.433. The number of fused-ring (bicyclic) bond motifs is 1. The fourth-order valence-corrected chi connectivity index (χ4v) is 5.20. The van der Waals surface area contributed by atoms with Crippen LogP contribution in [0.3, 0.4) is 0 Å². The number of anilines is 1. The van der Waals surface area contributed by atoms with Gasteiger partial charge < -0.3 is 14.7 Å². The highest BCUT2D eigenvalue weighted by Gasteiger charge is 2.29. The van der Waals surface area contributed by atoms with E-state index in [0.29, 0.717) is 13.1 Å². The van der Waals surface area contributed by atoms with Crippen molar-refractivity contribution in [1.82, 2.24) is 19.8 Å². The van der Waals surface area contributed by atoms with Gasteiger partial charge in [0.1, 0.15) is 5.82 Å². The molecule has 1 fully saturated rings. The first-order chi connectivity index (χ1) is 17.7. The summed E-state index contributed by atoms with van der Waals surface area (Å²) in [6.45, 7) is 10.7. The maximum Gasteiger partial charge on any atom is 0.254 e. The highest BCUT2D eigenvalue weighted by atomic mass is 16.2. The maximum absolute atomic E-state index is 13.5. The van der Waals surface area contributed by atoms with Crippen molar-refractivity contribution in [2.45, 2.75) is 46.1 Å². The van der Waals surface area contributed by atoms with Crippen LogP contribution in [0, 0.1) is 0 Å². The zero-order valence-electron chi connectivity index (χ0n) is 21.6. The molecule has 5 rings (SSSR count). The second-order valence-electron chi connectivity index (χ2n) is 9.86. The van der Waals surface area contributed by atoms with E-state index in [0.717, 1.165) is 79.6 Å². The normalized spacial score (nSPS) is 16.2. The van der Waals surface area contributed by atoms with Gasteiger partial charge in [-0.2, -0.15) is 0 Å². The third-order valence-electron chi connectivity index (χ3n) is 7.50. The van der Waals surface area contributed by atoms with Gasteiger partial charge in [0.25, 0.3) is 5.91 Å². The lowest BCUT2D eigenvalue weighted by molar-refractivity contribution is 0.0733. The Hall–Kier alpha value is -3.25. The molecule has 2 aromatic carbocycles. The summed E-state index contributed by atoms with van der Waals surface area (Å²) in [5.41, 5.74) is 5.29. The van der Waals surface area contributed by atoms with E-state index < -0.39 is 0 Å². The molecule has 0 atom stereocenters. The number of benzene rings is 2. The molecule has 3 heterocycles. The van der Waals surface area contributed by atoms with Crippen molar-refractivity contribution in [2.75, 3.05) is 44.2 Å². The van der Waals surface area contributed by atoms with Crippen LogP contribution in [0.4, 0.5) is 5.82 Å². The summed E-state index contributed by atoms with van der Waals surface area (Å²) in [5, 5.41) is 0. The molecule has 2 aliphatic rings. The minimum Gasteiger partial charge on any atom is -0.354 e. The molecule has 0 unspecified atom stereocenters. The monoisotopic (exact) mass is 483 g/mol. The fourth-order valence-electron chi connectivity index (χ4n) is 5.20. The number of aromatic nitrogens is 2. The van der Waals surface area contributed by atoms with E-state index in [4.69, 9.17) is 9.97 Å². The van der Waals surface area contributed by atoms with Gasteiger partial charge in [-0.15, -0.1) is 0 Å². The third-order valence-corrected chi connectivity index (χ3v) is 7.50. The van der Waals surface area contributed by atoms with Crippen molar-refractivity contribution in [3.05, 3.63) is 77.0 Å². The number of rotatable bonds is 7. The molecule has 0 saturated carbocycles. The van der Waals surface area contributed by atoms with Crippen LogP contribution in [0.1, 0.15) is 53.9 Å². The molecule has 1 aromatic heterocycles. The van der Waals surface area contributed by atoms with Gasteiger partial charge in [0.05, 0.1) is 12.2 Å². The predicted molar refractivity (Wildman–Crippen MR) is 145 cm³/mol. The quantitative estimate of drug-likeness (QED) is 0.482. The van der Waals surface area contributed by atoms with Crippen molar-refractivity contribution >= 4 is 11.7 Å². The van der Waals surface area contributed by atoms with Gasteiger partial charge >= 0.3 is 0 Å². The average Bonchev–Trinajstić information content (AvgIpc) is 2.95. The van der Waals surface area contributed by atoms with E-state index in [2.05, 4.69) is 47.9 Å². The molecule has 6 heteroatoms. The molecule has 36 heavy (non-hydrogen) atoms. The van der Waals surface area contributed by atoms with Crippen LogP contribution in [0.2, 0.25) is 0 Å². The Labute approximate surface area is 215 Å². The Morgan fingerprint density at radius 3 is 2.33 bits per heavy atom. The van der Waals surface area contributed by atoms with Crippen LogP contribution < -0.4 is 4.90 Å². The number of hydrogen-bond donors (Lipinski definition) is 0. The van der Waals surface area contributed by atoms with Gasteiger partial charge in [-0.05, 0) is 37.1 Å². The van der Waals surface area contributed by atoms with Crippen LogP contribution in [-0.2, 0) is 19.4 Å². The van der Waals surface area contributed by atoms with Gasteiger partial charge in [-0.1, -0.05) is 62.7 Å². The summed E-state index contributed by atoms with van der Waals surface area (Å²) < 4.78 is 0. The summed E-state index contributed by atoms with van der Waals surface area (Å²) in [7, 11) is 0. The largest absolute Gasteiger partial charge is 0.354 e. The molecular formula is C30H37N5O. The van der Waals surface area contributed by atoms with Crippen LogP contribution >= 0.6 is 0 Å². The lowest BCUT2D eigenvalue weighted by Crippen LogP contribution is -2.47. The molecule has 0 aliphatic carbocycles. The molecular weight excluding hydrogens is 446 g/mol. The number of aryl methyl sites for hydroxylation is 1. The maximum atomic E-state index is 13.5. The van der Waals surface area contributed by atoms with E-state index in [1.54, 1.807) is 0 Å². The lowest BCUT2D eigenvalue weighted by atomic mass is 10.0. The molecule has 6 nitrogen and oxygen atoms in total. The van der Waals surface area contributed by atoms with Crippen LogP contribution in [0.5, 0.6) is 0 Å². The second-order valence-corrected chi connectivity index (χ2v) is 9.86. The topological polar surface area (TPSA) is 52.6 Å². The molecule has 2 aliphatic heterocycles. The summed E-state index contributed by atoms with van der Waals surface area (Å²) >= 11 is 0. The molecule has 188 valence electrons. The molecule has 0 bridgehead atoms. The van der Waals surface area contributed by atoms with Gasteiger partial charge in [0.15, 0.2) is 5.82 Å². The van der Waals surface area contributed by atoms with E-state index in [-0.39, 0.29) is 5.91 Å². The predicted octanol–water partition coefficient (Wildman–Crippen LogP) is 4.83. The highest BCUT2D eigenvalue weighted by Crippen LogP contribution is 2.31. The number of nitrogens with zero attached hydrogens (tertiary/aromatic N) is 5. The number of carbonyl (C=O) groups excluding carboxylic acids is 1. The summed E-state index contributed by atoms with van der Waals surface area (Å²) in [5.74, 6) is 1.88. The smallest absolute Gasteiger partial charge is 0.254 e. The van der Waals surface area contributed by atoms with E-state index in [9.17, 15) is 4.79 Å². The molecule has 0 radical (unpaired) electrons. The van der Waals surface area contributed by atoms with Crippen molar-refractivity contribution in [3.8, 4) is 11.4 Å². The highest BCUT2D eigenvalue weighted by molar-refractivity contribution is 5.94. The minimum atomic E-state index is 0.0941. The van der Waals surface area contributed by atoms with Gasteiger partial charge in [0, 0.05) is 55.8 Å². The lowest BCUT2D eigenvalue weighted by Gasteiger charge is -2.38. The van der Waals surface area contributed by atoms with E-state index in [1.807, 2.05) is 35.2 Å². The third kappa shape index (κ3) is 5.29. The summed E-state index contributed by atoms with van der Waals surface area (Å²) in [4.78, 5) is 30.4. The van der Waals surface area contributed by atoms with Gasteiger partial charge in [-0.25, -0.2) is 9.97 Å². The number of piperazine rings is 1. The Kier molecular flexibility index (Phi) is 7.61. The molecule has 0 spiro atoms. The number of unbranched alkanes of at least 4 members (excludes halogenated alkanes) is 1. The summed E-state index contributed by atoms with van der Waals surface area (Å²) in [6.07, 6.45) is 4.17. The number of amides is 1. The first kappa shape index (κ1) is 24.4. The van der Waals surface area contributed by atoms with Crippen LogP contribution in [-0.4, -0.2) is 64.9 Å². The van der Waals surface area contributed by atoms with Crippen molar-refractivity contribution in [3.63, 3.8) is 0 Å². The van der Waals surface area contributed by atoms with Crippen molar-refractivity contribution in [1.29, 1.82) is 0 Å². The number of likely N-dealkylation sites (N-methyl/N-ethyl adjacent to an activating group) is 1. The SMILES string of the molecule is CCCCc1ccc(C(=O)N2CCc3nc(-c4ccccc4)nc(N4CCN(CC)CC4)c3C2)cc1. The Bertz CT molecular complexity index is 1170. The van der Waals surface area contributed by atoms with E-state index in [1.165, 1.54) is 18.4 Å².